The minimum absolute atomic E-state index is 0. The van der Waals surface area contributed by atoms with E-state index in [1.165, 1.54) is 6.07 Å². The van der Waals surface area contributed by atoms with Crippen LogP contribution in [0.25, 0.3) is 0 Å². The van der Waals surface area contributed by atoms with Gasteiger partial charge in [-0.15, -0.1) is 12.4 Å². The minimum Gasteiger partial charge on any atom is -0.335 e. The molecule has 1 atom stereocenters. The molecule has 2 rings (SSSR count). The molecule has 1 aliphatic rings. The summed E-state index contributed by atoms with van der Waals surface area (Å²) < 4.78 is 27.2. The van der Waals surface area contributed by atoms with Gasteiger partial charge in [-0.05, 0) is 44.4 Å². The quantitative estimate of drug-likeness (QED) is 0.852. The summed E-state index contributed by atoms with van der Waals surface area (Å²) >= 11 is 0. The average molecular weight is 347 g/mol. The van der Waals surface area contributed by atoms with Gasteiger partial charge in [0.2, 0.25) is 5.91 Å². The second kappa shape index (κ2) is 9.18. The molecule has 0 heterocycles. The Bertz CT molecular complexity index is 519. The molecule has 2 N–H and O–H groups in total. The summed E-state index contributed by atoms with van der Waals surface area (Å²) in [7, 11) is 0. The van der Waals surface area contributed by atoms with Gasteiger partial charge in [0.15, 0.2) is 0 Å². The van der Waals surface area contributed by atoms with Crippen LogP contribution in [0.4, 0.5) is 8.78 Å². The fourth-order valence-corrected chi connectivity index (χ4v) is 2.98. The monoisotopic (exact) mass is 346 g/mol. The number of nitrogens with two attached hydrogens (primary N) is 1. The predicted octanol–water partition coefficient (Wildman–Crippen LogP) is 3.79. The molecule has 1 saturated carbocycles. The number of rotatable bonds is 6. The Hall–Kier alpha value is -1.20. The summed E-state index contributed by atoms with van der Waals surface area (Å²) in [6, 6.07) is 3.47. The van der Waals surface area contributed by atoms with Gasteiger partial charge in [0.05, 0.1) is 0 Å². The molecule has 130 valence electrons. The van der Waals surface area contributed by atoms with Gasteiger partial charge < -0.3 is 10.6 Å². The molecule has 3 nitrogen and oxygen atoms in total. The van der Waals surface area contributed by atoms with E-state index in [0.717, 1.165) is 37.8 Å². The fraction of sp³-hybridized carbons (Fsp3) is 0.588. The fourth-order valence-electron chi connectivity index (χ4n) is 2.98. The van der Waals surface area contributed by atoms with E-state index >= 15 is 0 Å². The molecule has 0 saturated heterocycles. The molecule has 1 amide bonds. The SMILES string of the molecule is CC(N)CCC(=O)N(Cc1cc(F)ccc1F)C1CCCC1.Cl. The molecule has 0 aliphatic heterocycles. The van der Waals surface area contributed by atoms with Gasteiger partial charge in [-0.1, -0.05) is 12.8 Å². The van der Waals surface area contributed by atoms with E-state index in [9.17, 15) is 13.6 Å². The van der Waals surface area contributed by atoms with Crippen molar-refractivity contribution in [3.8, 4) is 0 Å². The Morgan fingerprint density at radius 3 is 2.61 bits per heavy atom. The van der Waals surface area contributed by atoms with Crippen LogP contribution in [-0.2, 0) is 11.3 Å². The minimum atomic E-state index is -0.481. The van der Waals surface area contributed by atoms with Crippen molar-refractivity contribution in [3.63, 3.8) is 0 Å². The predicted molar refractivity (Wildman–Crippen MR) is 89.3 cm³/mol. The Morgan fingerprint density at radius 2 is 2.00 bits per heavy atom. The number of carbonyl (C=O) groups is 1. The lowest BCUT2D eigenvalue weighted by Crippen LogP contribution is -2.39. The first-order valence-electron chi connectivity index (χ1n) is 7.96. The molecule has 0 spiro atoms. The molecular weight excluding hydrogens is 322 g/mol. The van der Waals surface area contributed by atoms with Crippen LogP contribution >= 0.6 is 12.4 Å². The zero-order valence-corrected chi connectivity index (χ0v) is 14.2. The van der Waals surface area contributed by atoms with Crippen molar-refractivity contribution in [2.24, 2.45) is 5.73 Å². The van der Waals surface area contributed by atoms with Gasteiger partial charge in [-0.3, -0.25) is 4.79 Å². The van der Waals surface area contributed by atoms with Gasteiger partial charge in [-0.2, -0.15) is 0 Å². The second-order valence-corrected chi connectivity index (χ2v) is 6.21. The van der Waals surface area contributed by atoms with E-state index < -0.39 is 11.6 Å². The maximum Gasteiger partial charge on any atom is 0.223 e. The Kier molecular flexibility index (Phi) is 7.92. The number of hydrogen-bond donors (Lipinski definition) is 1. The summed E-state index contributed by atoms with van der Waals surface area (Å²) in [6.45, 7) is 1.99. The summed E-state index contributed by atoms with van der Waals surface area (Å²) in [5.74, 6) is -0.969. The van der Waals surface area contributed by atoms with Crippen LogP contribution in [0.15, 0.2) is 18.2 Å². The van der Waals surface area contributed by atoms with Crippen molar-refractivity contribution >= 4 is 18.3 Å². The van der Waals surface area contributed by atoms with E-state index in [-0.39, 0.29) is 42.5 Å². The average Bonchev–Trinajstić information content (AvgIpc) is 2.99. The van der Waals surface area contributed by atoms with E-state index in [1.807, 2.05) is 6.92 Å². The van der Waals surface area contributed by atoms with Gasteiger partial charge in [-0.25, -0.2) is 8.78 Å². The van der Waals surface area contributed by atoms with Crippen LogP contribution in [0.3, 0.4) is 0 Å². The molecule has 23 heavy (non-hydrogen) atoms. The highest BCUT2D eigenvalue weighted by Crippen LogP contribution is 2.26. The third-order valence-corrected chi connectivity index (χ3v) is 4.25. The van der Waals surface area contributed by atoms with E-state index in [1.54, 1.807) is 4.90 Å². The third-order valence-electron chi connectivity index (χ3n) is 4.25. The smallest absolute Gasteiger partial charge is 0.223 e. The molecule has 0 bridgehead atoms. The topological polar surface area (TPSA) is 46.3 Å². The lowest BCUT2D eigenvalue weighted by Gasteiger charge is -2.29. The number of carbonyl (C=O) groups excluding carboxylic acids is 1. The molecule has 1 aliphatic carbocycles. The normalized spacial score (nSPS) is 16.0. The van der Waals surface area contributed by atoms with Crippen molar-refractivity contribution in [2.45, 2.75) is 64.1 Å². The van der Waals surface area contributed by atoms with Gasteiger partial charge in [0.25, 0.3) is 0 Å². The van der Waals surface area contributed by atoms with E-state index in [4.69, 9.17) is 5.73 Å². The maximum atomic E-state index is 13.9. The lowest BCUT2D eigenvalue weighted by atomic mass is 10.1. The first-order chi connectivity index (χ1) is 10.5. The molecule has 1 fully saturated rings. The van der Waals surface area contributed by atoms with Crippen molar-refractivity contribution < 1.29 is 13.6 Å². The van der Waals surface area contributed by atoms with Crippen LogP contribution in [0.2, 0.25) is 0 Å². The van der Waals surface area contributed by atoms with Gasteiger partial charge in [0, 0.05) is 30.6 Å². The molecule has 1 aromatic rings. The number of halogens is 3. The van der Waals surface area contributed by atoms with Crippen molar-refractivity contribution in [3.05, 3.63) is 35.4 Å². The maximum absolute atomic E-state index is 13.9. The second-order valence-electron chi connectivity index (χ2n) is 6.21. The highest BCUT2D eigenvalue weighted by Gasteiger charge is 2.27. The number of amides is 1. The number of benzene rings is 1. The number of hydrogen-bond acceptors (Lipinski definition) is 2. The van der Waals surface area contributed by atoms with Crippen LogP contribution in [-0.4, -0.2) is 22.9 Å². The Morgan fingerprint density at radius 1 is 1.35 bits per heavy atom. The van der Waals surface area contributed by atoms with Crippen LogP contribution in [0.5, 0.6) is 0 Å². The highest BCUT2D eigenvalue weighted by atomic mass is 35.5. The lowest BCUT2D eigenvalue weighted by molar-refractivity contribution is -0.134. The zero-order chi connectivity index (χ0) is 16.1. The van der Waals surface area contributed by atoms with Crippen molar-refractivity contribution in [1.82, 2.24) is 4.90 Å². The molecule has 0 aromatic heterocycles. The Labute approximate surface area is 142 Å². The highest BCUT2D eigenvalue weighted by molar-refractivity contribution is 5.85. The van der Waals surface area contributed by atoms with Crippen LogP contribution < -0.4 is 5.73 Å². The molecule has 1 aromatic carbocycles. The summed E-state index contributed by atoms with van der Waals surface area (Å²) in [4.78, 5) is 14.2. The summed E-state index contributed by atoms with van der Waals surface area (Å²) in [6.07, 6.45) is 4.97. The molecule has 1 unspecified atom stereocenters. The largest absolute Gasteiger partial charge is 0.335 e. The summed E-state index contributed by atoms with van der Waals surface area (Å²) in [5, 5.41) is 0. The van der Waals surface area contributed by atoms with Crippen molar-refractivity contribution in [2.75, 3.05) is 0 Å². The Balaban J connectivity index is 0.00000264. The van der Waals surface area contributed by atoms with E-state index in [0.29, 0.717) is 12.8 Å². The summed E-state index contributed by atoms with van der Waals surface area (Å²) in [5.41, 5.74) is 5.95. The van der Waals surface area contributed by atoms with Crippen molar-refractivity contribution in [1.29, 1.82) is 0 Å². The number of nitrogens with zero attached hydrogens (tertiary/aromatic N) is 1. The molecular formula is C17H25ClF2N2O. The van der Waals surface area contributed by atoms with Gasteiger partial charge >= 0.3 is 0 Å². The molecule has 0 radical (unpaired) electrons. The van der Waals surface area contributed by atoms with Crippen LogP contribution in [0.1, 0.15) is 51.0 Å². The standard InChI is InChI=1S/C17H24F2N2O.ClH/c1-12(20)6-9-17(22)21(15-4-2-3-5-15)11-13-10-14(18)7-8-16(13)19;/h7-8,10,12,15H,2-6,9,11,20H2,1H3;1H. The third kappa shape index (κ3) is 5.74. The van der Waals surface area contributed by atoms with Crippen LogP contribution in [0, 0.1) is 11.6 Å². The first-order valence-corrected chi connectivity index (χ1v) is 7.96. The van der Waals surface area contributed by atoms with Gasteiger partial charge in [0.1, 0.15) is 11.6 Å². The zero-order valence-electron chi connectivity index (χ0n) is 13.4. The van der Waals surface area contributed by atoms with E-state index in [2.05, 4.69) is 0 Å². The molecule has 6 heteroatoms. The first kappa shape index (κ1) is 19.8.